The summed E-state index contributed by atoms with van der Waals surface area (Å²) in [7, 11) is 1.75. The topological polar surface area (TPSA) is 63.2 Å². The number of nitrogens with zero attached hydrogens (tertiary/aromatic N) is 4. The number of aromatic nitrogens is 3. The highest BCUT2D eigenvalue weighted by molar-refractivity contribution is 7.13. The highest BCUT2D eigenvalue weighted by atomic mass is 32.1. The van der Waals surface area contributed by atoms with Gasteiger partial charge in [0, 0.05) is 43.9 Å². The van der Waals surface area contributed by atoms with E-state index in [1.165, 1.54) is 6.42 Å². The zero-order valence-electron chi connectivity index (χ0n) is 13.7. The minimum absolute atomic E-state index is 0.401. The van der Waals surface area contributed by atoms with Crippen molar-refractivity contribution >= 4 is 22.3 Å². The quantitative estimate of drug-likeness (QED) is 0.877. The number of hydrogen-bond donors (Lipinski definition) is 1. The van der Waals surface area contributed by atoms with E-state index in [4.69, 9.17) is 4.74 Å². The van der Waals surface area contributed by atoms with Crippen LogP contribution < -0.4 is 5.32 Å². The number of ether oxygens (including phenoxy) is 1. The molecule has 0 saturated carbocycles. The summed E-state index contributed by atoms with van der Waals surface area (Å²) >= 11 is 1.59. The Labute approximate surface area is 140 Å². The van der Waals surface area contributed by atoms with Gasteiger partial charge in [0.25, 0.3) is 0 Å². The molecule has 0 radical (unpaired) electrons. The summed E-state index contributed by atoms with van der Waals surface area (Å²) in [6.07, 6.45) is 5.84. The van der Waals surface area contributed by atoms with E-state index >= 15 is 0 Å². The fourth-order valence-electron chi connectivity index (χ4n) is 2.96. The van der Waals surface area contributed by atoms with E-state index in [2.05, 4.69) is 25.2 Å². The smallest absolute Gasteiger partial charge is 0.188 e. The number of piperidine rings is 1. The molecule has 124 valence electrons. The van der Waals surface area contributed by atoms with E-state index in [0.29, 0.717) is 5.92 Å². The standard InChI is InChI=1S/C16H23N5OS/c1-12-11-23-16(19-12)20-15-14(17-5-6-18-15)13-4-3-7-21(10-13)8-9-22-2/h5-6,11,13H,3-4,7-10H2,1-2H3,(H,18,19,20). The third-order valence-electron chi connectivity index (χ3n) is 4.07. The van der Waals surface area contributed by atoms with Gasteiger partial charge in [-0.25, -0.2) is 9.97 Å². The summed E-state index contributed by atoms with van der Waals surface area (Å²) in [6.45, 7) is 5.88. The van der Waals surface area contributed by atoms with Crippen LogP contribution in [0, 0.1) is 6.92 Å². The van der Waals surface area contributed by atoms with Gasteiger partial charge in [-0.05, 0) is 26.3 Å². The van der Waals surface area contributed by atoms with Gasteiger partial charge in [0.1, 0.15) is 0 Å². The van der Waals surface area contributed by atoms with Gasteiger partial charge in [-0.3, -0.25) is 4.98 Å². The first-order valence-electron chi connectivity index (χ1n) is 7.97. The summed E-state index contributed by atoms with van der Waals surface area (Å²) in [5, 5.41) is 6.24. The number of rotatable bonds is 6. The first kappa shape index (κ1) is 16.3. The van der Waals surface area contributed by atoms with Crippen molar-refractivity contribution < 1.29 is 4.74 Å². The number of anilines is 2. The fourth-order valence-corrected chi connectivity index (χ4v) is 3.65. The Kier molecular flexibility index (Phi) is 5.53. The average molecular weight is 333 g/mol. The van der Waals surface area contributed by atoms with Crippen molar-refractivity contribution in [1.29, 1.82) is 0 Å². The normalized spacial score (nSPS) is 19.0. The van der Waals surface area contributed by atoms with E-state index in [9.17, 15) is 0 Å². The average Bonchev–Trinajstić information content (AvgIpc) is 2.99. The minimum Gasteiger partial charge on any atom is -0.383 e. The Morgan fingerprint density at radius 3 is 3.04 bits per heavy atom. The van der Waals surface area contributed by atoms with Gasteiger partial charge < -0.3 is 15.0 Å². The molecular formula is C16H23N5OS. The number of likely N-dealkylation sites (tertiary alicyclic amines) is 1. The van der Waals surface area contributed by atoms with Crippen LogP contribution >= 0.6 is 11.3 Å². The summed E-state index contributed by atoms with van der Waals surface area (Å²) < 4.78 is 5.20. The molecule has 1 unspecified atom stereocenters. The zero-order chi connectivity index (χ0) is 16.1. The van der Waals surface area contributed by atoms with Gasteiger partial charge in [-0.2, -0.15) is 0 Å². The first-order chi connectivity index (χ1) is 11.3. The van der Waals surface area contributed by atoms with Gasteiger partial charge >= 0.3 is 0 Å². The zero-order valence-corrected chi connectivity index (χ0v) is 14.5. The van der Waals surface area contributed by atoms with Gasteiger partial charge in [-0.15, -0.1) is 11.3 Å². The summed E-state index contributed by atoms with van der Waals surface area (Å²) in [5.74, 6) is 1.23. The maximum Gasteiger partial charge on any atom is 0.188 e. The van der Waals surface area contributed by atoms with E-state index in [1.807, 2.05) is 12.3 Å². The molecule has 7 heteroatoms. The summed E-state index contributed by atoms with van der Waals surface area (Å²) in [5.41, 5.74) is 2.06. The number of nitrogens with one attached hydrogen (secondary N) is 1. The second kappa shape index (κ2) is 7.81. The molecular weight excluding hydrogens is 310 g/mol. The summed E-state index contributed by atoms with van der Waals surface area (Å²) in [4.78, 5) is 16.0. The molecule has 1 aliphatic heterocycles. The lowest BCUT2D eigenvalue weighted by Crippen LogP contribution is -2.37. The highest BCUT2D eigenvalue weighted by Crippen LogP contribution is 2.31. The van der Waals surface area contributed by atoms with Gasteiger partial charge in [0.05, 0.1) is 18.0 Å². The highest BCUT2D eigenvalue weighted by Gasteiger charge is 2.25. The number of hydrogen-bond acceptors (Lipinski definition) is 7. The van der Waals surface area contributed by atoms with Gasteiger partial charge in [0.15, 0.2) is 10.9 Å². The van der Waals surface area contributed by atoms with Crippen LogP contribution in [0.25, 0.3) is 0 Å². The molecule has 1 N–H and O–H groups in total. The molecule has 2 aromatic heterocycles. The van der Waals surface area contributed by atoms with Gasteiger partial charge in [-0.1, -0.05) is 0 Å². The maximum absolute atomic E-state index is 5.20. The van der Waals surface area contributed by atoms with Crippen molar-refractivity contribution in [1.82, 2.24) is 19.9 Å². The van der Waals surface area contributed by atoms with E-state index < -0.39 is 0 Å². The third kappa shape index (κ3) is 4.25. The largest absolute Gasteiger partial charge is 0.383 e. The Hall–Kier alpha value is -1.57. The van der Waals surface area contributed by atoms with Gasteiger partial charge in [0.2, 0.25) is 0 Å². The Bertz CT molecular complexity index is 632. The Balaban J connectivity index is 1.74. The number of aryl methyl sites for hydroxylation is 1. The van der Waals surface area contributed by atoms with Crippen LogP contribution in [0.4, 0.5) is 10.9 Å². The lowest BCUT2D eigenvalue weighted by Gasteiger charge is -2.32. The molecule has 3 heterocycles. The van der Waals surface area contributed by atoms with Crippen LogP contribution in [0.3, 0.4) is 0 Å². The van der Waals surface area contributed by atoms with Crippen LogP contribution in [0.5, 0.6) is 0 Å². The molecule has 0 bridgehead atoms. The molecule has 0 amide bonds. The minimum atomic E-state index is 0.401. The number of thiazole rings is 1. The van der Waals surface area contributed by atoms with Crippen molar-refractivity contribution in [2.24, 2.45) is 0 Å². The van der Waals surface area contributed by atoms with E-state index in [1.54, 1.807) is 30.8 Å². The van der Waals surface area contributed by atoms with Crippen LogP contribution in [0.15, 0.2) is 17.8 Å². The molecule has 6 nitrogen and oxygen atoms in total. The van der Waals surface area contributed by atoms with Crippen molar-refractivity contribution in [3.8, 4) is 0 Å². The second-order valence-corrected chi connectivity index (χ2v) is 6.70. The van der Waals surface area contributed by atoms with Crippen molar-refractivity contribution in [2.75, 3.05) is 38.7 Å². The Morgan fingerprint density at radius 2 is 2.26 bits per heavy atom. The van der Waals surface area contributed by atoms with Crippen molar-refractivity contribution in [3.05, 3.63) is 29.2 Å². The molecule has 1 fully saturated rings. The molecule has 2 aromatic rings. The molecule has 0 spiro atoms. The Morgan fingerprint density at radius 1 is 1.39 bits per heavy atom. The van der Waals surface area contributed by atoms with Crippen LogP contribution in [-0.4, -0.2) is 53.2 Å². The van der Waals surface area contributed by atoms with Crippen LogP contribution in [-0.2, 0) is 4.74 Å². The van der Waals surface area contributed by atoms with E-state index in [-0.39, 0.29) is 0 Å². The summed E-state index contributed by atoms with van der Waals surface area (Å²) in [6, 6.07) is 0. The van der Waals surface area contributed by atoms with Crippen LogP contribution in [0.1, 0.15) is 30.1 Å². The van der Waals surface area contributed by atoms with E-state index in [0.717, 1.165) is 55.0 Å². The molecule has 1 saturated heterocycles. The first-order valence-corrected chi connectivity index (χ1v) is 8.85. The molecule has 1 atom stereocenters. The SMILES string of the molecule is COCCN1CCCC(c2nccnc2Nc2nc(C)cs2)C1. The second-order valence-electron chi connectivity index (χ2n) is 5.84. The monoisotopic (exact) mass is 333 g/mol. The lowest BCUT2D eigenvalue weighted by atomic mass is 9.94. The lowest BCUT2D eigenvalue weighted by molar-refractivity contribution is 0.127. The molecule has 0 aliphatic carbocycles. The molecule has 23 heavy (non-hydrogen) atoms. The molecule has 0 aromatic carbocycles. The predicted octanol–water partition coefficient (Wildman–Crippen LogP) is 2.81. The third-order valence-corrected chi connectivity index (χ3v) is 4.95. The predicted molar refractivity (Wildman–Crippen MR) is 92.5 cm³/mol. The molecule has 3 rings (SSSR count). The van der Waals surface area contributed by atoms with Crippen LogP contribution in [0.2, 0.25) is 0 Å². The fraction of sp³-hybridized carbons (Fsp3) is 0.562. The van der Waals surface area contributed by atoms with Crippen molar-refractivity contribution in [3.63, 3.8) is 0 Å². The maximum atomic E-state index is 5.20. The molecule has 1 aliphatic rings. The number of methoxy groups -OCH3 is 1. The van der Waals surface area contributed by atoms with Crippen molar-refractivity contribution in [2.45, 2.75) is 25.7 Å².